The van der Waals surface area contributed by atoms with E-state index in [1.807, 2.05) is 12.1 Å². The summed E-state index contributed by atoms with van der Waals surface area (Å²) in [7, 11) is 2.06. The van der Waals surface area contributed by atoms with Crippen LogP contribution in [0.2, 0.25) is 5.02 Å². The lowest BCUT2D eigenvalue weighted by atomic mass is 9.47. The highest BCUT2D eigenvalue weighted by Gasteiger charge is 2.60. The highest BCUT2D eigenvalue weighted by atomic mass is 35.5. The summed E-state index contributed by atoms with van der Waals surface area (Å²) in [5.74, 6) is 3.51. The van der Waals surface area contributed by atoms with E-state index in [4.69, 9.17) is 11.6 Å². The molecule has 1 aromatic rings. The van der Waals surface area contributed by atoms with E-state index in [9.17, 15) is 4.79 Å². The first-order valence-electron chi connectivity index (χ1n) is 12.0. The summed E-state index contributed by atoms with van der Waals surface area (Å²) in [5, 5.41) is 0.814. The maximum absolute atomic E-state index is 12.3. The number of piperidine rings is 1. The second kappa shape index (κ2) is 7.40. The number of likely N-dealkylation sites (tertiary alicyclic amines) is 1. The topological polar surface area (TPSA) is 20.3 Å². The molecule has 3 saturated carbocycles. The molecule has 2 nitrogen and oxygen atoms in total. The normalized spacial score (nSPS) is 43.4. The minimum atomic E-state index is 0.321. The van der Waals surface area contributed by atoms with Gasteiger partial charge >= 0.3 is 0 Å². The van der Waals surface area contributed by atoms with Gasteiger partial charge in [0.05, 0.1) is 0 Å². The zero-order valence-corrected chi connectivity index (χ0v) is 19.5. The number of hydrogen-bond acceptors (Lipinski definition) is 1. The average molecular weight is 426 g/mol. The second-order valence-corrected chi connectivity index (χ2v) is 11.6. The molecule has 0 aromatic heterocycles. The number of allylic oxidation sites excluding steroid dienone is 1. The molecule has 1 aromatic carbocycles. The van der Waals surface area contributed by atoms with Crippen LogP contribution in [0.3, 0.4) is 0 Å². The predicted molar refractivity (Wildman–Crippen MR) is 124 cm³/mol. The number of amides is 1. The number of halogens is 1. The molecular formula is C27H36ClNO. The molecule has 4 fully saturated rings. The van der Waals surface area contributed by atoms with Crippen molar-refractivity contribution in [2.24, 2.45) is 34.5 Å². The van der Waals surface area contributed by atoms with Gasteiger partial charge in [-0.1, -0.05) is 49.7 Å². The number of carbonyl (C=O) groups excluding carboxylic acids is 1. The molecule has 3 aliphatic carbocycles. The van der Waals surface area contributed by atoms with Crippen molar-refractivity contribution in [2.45, 2.75) is 71.3 Å². The standard InChI is InChI=1S/C27H36ClNO/c1-26-15-13-23-21(10-12-24-27(23,2)16-14-25(30)29(24)3)22(26)11-9-19(26)8-7-18-5-4-6-20(28)17-18/h4-8,17,19,21-24H,9-16H2,1-3H3/b8-7+/t19-,21-,22-,23-,24+,26+,27+/m0/s1. The Hall–Kier alpha value is -1.28. The molecule has 0 unspecified atom stereocenters. The van der Waals surface area contributed by atoms with Crippen LogP contribution in [-0.4, -0.2) is 23.9 Å². The zero-order chi connectivity index (χ0) is 21.1. The monoisotopic (exact) mass is 425 g/mol. The molecule has 162 valence electrons. The summed E-state index contributed by atoms with van der Waals surface area (Å²) in [5.41, 5.74) is 1.96. The van der Waals surface area contributed by atoms with E-state index in [0.29, 0.717) is 28.7 Å². The molecule has 5 rings (SSSR count). The van der Waals surface area contributed by atoms with E-state index >= 15 is 0 Å². The van der Waals surface area contributed by atoms with E-state index in [-0.39, 0.29) is 0 Å². The molecule has 1 amide bonds. The van der Waals surface area contributed by atoms with Gasteiger partial charge in [-0.2, -0.15) is 0 Å². The first-order chi connectivity index (χ1) is 14.3. The number of fused-ring (bicyclic) bond motifs is 5. The van der Waals surface area contributed by atoms with Crippen molar-refractivity contribution in [3.05, 3.63) is 40.9 Å². The molecule has 4 aliphatic rings. The third kappa shape index (κ3) is 3.08. The highest BCUT2D eigenvalue weighted by Crippen LogP contribution is 2.66. The lowest BCUT2D eigenvalue weighted by Crippen LogP contribution is -2.61. The number of hydrogen-bond donors (Lipinski definition) is 0. The van der Waals surface area contributed by atoms with Crippen molar-refractivity contribution in [1.82, 2.24) is 4.90 Å². The third-order valence-electron chi connectivity index (χ3n) is 10.0. The summed E-state index contributed by atoms with van der Waals surface area (Å²) in [6.07, 6.45) is 14.5. The molecule has 1 heterocycles. The van der Waals surface area contributed by atoms with Crippen molar-refractivity contribution in [3.8, 4) is 0 Å². The number of nitrogens with zero attached hydrogens (tertiary/aromatic N) is 1. The first-order valence-corrected chi connectivity index (χ1v) is 12.4. The van der Waals surface area contributed by atoms with E-state index in [0.717, 1.165) is 35.6 Å². The zero-order valence-electron chi connectivity index (χ0n) is 18.7. The minimum absolute atomic E-state index is 0.321. The Bertz CT molecular complexity index is 864. The van der Waals surface area contributed by atoms with Crippen LogP contribution < -0.4 is 0 Å². The fraction of sp³-hybridized carbons (Fsp3) is 0.667. The molecule has 0 N–H and O–H groups in total. The van der Waals surface area contributed by atoms with Crippen LogP contribution in [0, 0.1) is 34.5 Å². The van der Waals surface area contributed by atoms with Gasteiger partial charge in [-0.25, -0.2) is 0 Å². The largest absolute Gasteiger partial charge is 0.342 e. The summed E-state index contributed by atoms with van der Waals surface area (Å²) in [4.78, 5) is 14.5. The lowest BCUT2D eigenvalue weighted by molar-refractivity contribution is -0.157. The lowest BCUT2D eigenvalue weighted by Gasteiger charge is -2.61. The summed E-state index contributed by atoms with van der Waals surface area (Å²) in [6, 6.07) is 8.66. The fourth-order valence-corrected chi connectivity index (χ4v) is 8.54. The third-order valence-corrected chi connectivity index (χ3v) is 10.2. The molecule has 30 heavy (non-hydrogen) atoms. The molecule has 0 radical (unpaired) electrons. The number of rotatable bonds is 2. The highest BCUT2D eigenvalue weighted by molar-refractivity contribution is 6.30. The first kappa shape index (κ1) is 20.6. The van der Waals surface area contributed by atoms with E-state index in [2.05, 4.69) is 50.1 Å². The van der Waals surface area contributed by atoms with Crippen molar-refractivity contribution < 1.29 is 4.79 Å². The number of benzene rings is 1. The van der Waals surface area contributed by atoms with Crippen LogP contribution in [0.25, 0.3) is 6.08 Å². The van der Waals surface area contributed by atoms with E-state index in [1.165, 1.54) is 44.1 Å². The van der Waals surface area contributed by atoms with Gasteiger partial charge in [0.15, 0.2) is 0 Å². The molecule has 1 saturated heterocycles. The van der Waals surface area contributed by atoms with Gasteiger partial charge in [-0.05, 0) is 97.1 Å². The van der Waals surface area contributed by atoms with Crippen molar-refractivity contribution in [1.29, 1.82) is 0 Å². The molecular weight excluding hydrogens is 390 g/mol. The van der Waals surface area contributed by atoms with Crippen molar-refractivity contribution in [2.75, 3.05) is 7.05 Å². The molecule has 0 spiro atoms. The van der Waals surface area contributed by atoms with Gasteiger partial charge in [0.1, 0.15) is 0 Å². The second-order valence-electron chi connectivity index (χ2n) is 11.1. The minimum Gasteiger partial charge on any atom is -0.342 e. The predicted octanol–water partition coefficient (Wildman–Crippen LogP) is 6.83. The maximum atomic E-state index is 12.3. The molecule has 7 atom stereocenters. The SMILES string of the molecule is CN1C(=O)CC[C@]2(C)[C@H]3CC[C@]4(C)[C@@H](/C=C/c5cccc(Cl)c5)CC[C@H]4[C@@H]3CC[C@@H]12. The summed E-state index contributed by atoms with van der Waals surface area (Å²) < 4.78 is 0. The van der Waals surface area contributed by atoms with Crippen LogP contribution in [0.5, 0.6) is 0 Å². The van der Waals surface area contributed by atoms with Crippen LogP contribution in [0.15, 0.2) is 30.3 Å². The Morgan fingerprint density at radius 3 is 2.63 bits per heavy atom. The van der Waals surface area contributed by atoms with Gasteiger partial charge in [-0.3, -0.25) is 4.79 Å². The van der Waals surface area contributed by atoms with Gasteiger partial charge in [0, 0.05) is 24.5 Å². The smallest absolute Gasteiger partial charge is 0.222 e. The Balaban J connectivity index is 1.37. The van der Waals surface area contributed by atoms with Gasteiger partial charge in [0.25, 0.3) is 0 Å². The van der Waals surface area contributed by atoms with Gasteiger partial charge < -0.3 is 4.90 Å². The van der Waals surface area contributed by atoms with E-state index < -0.39 is 0 Å². The summed E-state index contributed by atoms with van der Waals surface area (Å²) >= 11 is 6.18. The van der Waals surface area contributed by atoms with E-state index in [1.54, 1.807) is 0 Å². The maximum Gasteiger partial charge on any atom is 0.222 e. The average Bonchev–Trinajstić information content (AvgIpc) is 3.06. The number of carbonyl (C=O) groups is 1. The Labute approximate surface area is 187 Å². The Morgan fingerprint density at radius 1 is 1.03 bits per heavy atom. The van der Waals surface area contributed by atoms with Crippen molar-refractivity contribution in [3.63, 3.8) is 0 Å². The Kier molecular flexibility index (Phi) is 5.08. The molecule has 3 heteroatoms. The quantitative estimate of drug-likeness (QED) is 0.508. The molecule has 1 aliphatic heterocycles. The van der Waals surface area contributed by atoms with Crippen molar-refractivity contribution >= 4 is 23.6 Å². The van der Waals surface area contributed by atoms with Crippen LogP contribution in [-0.2, 0) is 4.79 Å². The van der Waals surface area contributed by atoms with Gasteiger partial charge in [0.2, 0.25) is 5.91 Å². The van der Waals surface area contributed by atoms with Crippen LogP contribution in [0.1, 0.15) is 70.8 Å². The van der Waals surface area contributed by atoms with Gasteiger partial charge in [-0.15, -0.1) is 0 Å². The Morgan fingerprint density at radius 2 is 1.83 bits per heavy atom. The fourth-order valence-electron chi connectivity index (χ4n) is 8.34. The molecule has 0 bridgehead atoms. The van der Waals surface area contributed by atoms with Crippen LogP contribution in [0.4, 0.5) is 0 Å². The summed E-state index contributed by atoms with van der Waals surface area (Å²) in [6.45, 7) is 5.10. The van der Waals surface area contributed by atoms with Crippen LogP contribution >= 0.6 is 11.6 Å².